The van der Waals surface area contributed by atoms with Gasteiger partial charge in [-0.1, -0.05) is 0 Å². The number of thioether (sulfide) groups is 1. The molecule has 1 aliphatic rings. The third kappa shape index (κ3) is 1.92. The number of rotatable bonds is 2. The summed E-state index contributed by atoms with van der Waals surface area (Å²) in [4.78, 5) is 0. The highest BCUT2D eigenvalue weighted by atomic mass is 32.2. The number of nitrogens with one attached hydrogen (secondary N) is 1. The molecule has 15 heavy (non-hydrogen) atoms. The van der Waals surface area contributed by atoms with Crippen molar-refractivity contribution >= 4 is 28.8 Å². The van der Waals surface area contributed by atoms with E-state index in [2.05, 4.69) is 16.8 Å². The maximum atomic E-state index is 5.37. The lowest BCUT2D eigenvalue weighted by Crippen LogP contribution is -2.22. The standard InChI is InChI=1S/C11H11NOS2/c1-2-8(13-4-1)6-9-7-12-10-3-5-14-11(10)15-9/h1-5,9,12H,6-7H2. The molecule has 0 amide bonds. The fourth-order valence-electron chi connectivity index (χ4n) is 1.70. The molecule has 0 fully saturated rings. The number of furan rings is 1. The van der Waals surface area contributed by atoms with Crippen molar-refractivity contribution in [1.29, 1.82) is 0 Å². The molecule has 4 heteroatoms. The molecule has 0 spiro atoms. The summed E-state index contributed by atoms with van der Waals surface area (Å²) in [5.74, 6) is 1.08. The molecule has 0 saturated heterocycles. The zero-order chi connectivity index (χ0) is 10.1. The van der Waals surface area contributed by atoms with Crippen molar-refractivity contribution < 1.29 is 4.42 Å². The van der Waals surface area contributed by atoms with Gasteiger partial charge in [0.15, 0.2) is 0 Å². The van der Waals surface area contributed by atoms with E-state index >= 15 is 0 Å². The Hall–Kier alpha value is -0.870. The van der Waals surface area contributed by atoms with Crippen LogP contribution in [0.3, 0.4) is 0 Å². The highest BCUT2D eigenvalue weighted by Crippen LogP contribution is 2.40. The molecule has 1 N–H and O–H groups in total. The highest BCUT2D eigenvalue weighted by Gasteiger charge is 2.20. The molecule has 3 heterocycles. The van der Waals surface area contributed by atoms with Crippen LogP contribution in [0.4, 0.5) is 5.69 Å². The third-order valence-electron chi connectivity index (χ3n) is 2.43. The van der Waals surface area contributed by atoms with Crippen LogP contribution in [-0.2, 0) is 6.42 Å². The summed E-state index contributed by atoms with van der Waals surface area (Å²) in [5.41, 5.74) is 1.29. The highest BCUT2D eigenvalue weighted by molar-refractivity contribution is 8.02. The fraction of sp³-hybridized carbons (Fsp3) is 0.273. The maximum absolute atomic E-state index is 5.37. The van der Waals surface area contributed by atoms with Crippen molar-refractivity contribution in [2.75, 3.05) is 11.9 Å². The minimum absolute atomic E-state index is 0.585. The van der Waals surface area contributed by atoms with E-state index in [-0.39, 0.29) is 0 Å². The molecule has 0 aromatic carbocycles. The molecule has 1 atom stereocenters. The summed E-state index contributed by atoms with van der Waals surface area (Å²) in [7, 11) is 0. The van der Waals surface area contributed by atoms with Crippen LogP contribution in [0.1, 0.15) is 5.76 Å². The summed E-state index contributed by atoms with van der Waals surface area (Å²) < 4.78 is 6.77. The van der Waals surface area contributed by atoms with Gasteiger partial charge in [0.25, 0.3) is 0 Å². The third-order valence-corrected chi connectivity index (χ3v) is 4.82. The first-order valence-corrected chi connectivity index (χ1v) is 6.68. The predicted molar refractivity (Wildman–Crippen MR) is 64.9 cm³/mol. The molecule has 0 saturated carbocycles. The van der Waals surface area contributed by atoms with Gasteiger partial charge < -0.3 is 9.73 Å². The lowest BCUT2D eigenvalue weighted by atomic mass is 10.2. The molecule has 78 valence electrons. The van der Waals surface area contributed by atoms with Gasteiger partial charge in [0.1, 0.15) is 5.76 Å². The lowest BCUT2D eigenvalue weighted by Gasteiger charge is -2.22. The monoisotopic (exact) mass is 237 g/mol. The van der Waals surface area contributed by atoms with Crippen LogP contribution in [0.2, 0.25) is 0 Å². The summed E-state index contributed by atoms with van der Waals surface area (Å²) in [5, 5.41) is 6.18. The van der Waals surface area contributed by atoms with E-state index in [1.165, 1.54) is 9.90 Å². The zero-order valence-electron chi connectivity index (χ0n) is 8.10. The van der Waals surface area contributed by atoms with Gasteiger partial charge in [-0.3, -0.25) is 0 Å². The topological polar surface area (TPSA) is 25.2 Å². The van der Waals surface area contributed by atoms with Gasteiger partial charge >= 0.3 is 0 Å². The normalized spacial score (nSPS) is 19.6. The van der Waals surface area contributed by atoms with E-state index in [1.54, 1.807) is 6.26 Å². The smallest absolute Gasteiger partial charge is 0.104 e. The van der Waals surface area contributed by atoms with Gasteiger partial charge in [0.05, 0.1) is 16.2 Å². The summed E-state index contributed by atoms with van der Waals surface area (Å²) in [6.07, 6.45) is 2.74. The van der Waals surface area contributed by atoms with Crippen molar-refractivity contribution in [3.8, 4) is 0 Å². The van der Waals surface area contributed by atoms with Gasteiger partial charge in [-0.15, -0.1) is 23.1 Å². The molecule has 3 rings (SSSR count). The Kier molecular flexibility index (Phi) is 2.46. The van der Waals surface area contributed by atoms with Gasteiger partial charge in [0, 0.05) is 18.2 Å². The van der Waals surface area contributed by atoms with E-state index in [4.69, 9.17) is 4.42 Å². The van der Waals surface area contributed by atoms with E-state index < -0.39 is 0 Å². The van der Waals surface area contributed by atoms with E-state index in [0.717, 1.165) is 18.7 Å². The van der Waals surface area contributed by atoms with Crippen molar-refractivity contribution in [2.24, 2.45) is 0 Å². The molecule has 0 aliphatic carbocycles. The Morgan fingerprint density at radius 3 is 3.33 bits per heavy atom. The Morgan fingerprint density at radius 1 is 1.47 bits per heavy atom. The van der Waals surface area contributed by atoms with Crippen LogP contribution in [-0.4, -0.2) is 11.8 Å². The van der Waals surface area contributed by atoms with E-state index in [0.29, 0.717) is 5.25 Å². The zero-order valence-corrected chi connectivity index (χ0v) is 9.74. The van der Waals surface area contributed by atoms with E-state index in [9.17, 15) is 0 Å². The number of hydrogen-bond acceptors (Lipinski definition) is 4. The predicted octanol–water partition coefficient (Wildman–Crippen LogP) is 3.47. The van der Waals surface area contributed by atoms with Gasteiger partial charge in [-0.2, -0.15) is 0 Å². The molecular formula is C11H11NOS2. The SMILES string of the molecule is c1coc(CC2CNc3ccsc3S2)c1. The maximum Gasteiger partial charge on any atom is 0.104 e. The van der Waals surface area contributed by atoms with Crippen LogP contribution in [0.25, 0.3) is 0 Å². The van der Waals surface area contributed by atoms with Crippen molar-refractivity contribution in [3.05, 3.63) is 35.6 Å². The Labute approximate surface area is 96.7 Å². The van der Waals surface area contributed by atoms with Gasteiger partial charge in [-0.25, -0.2) is 0 Å². The van der Waals surface area contributed by atoms with Crippen molar-refractivity contribution in [2.45, 2.75) is 15.9 Å². The Balaban J connectivity index is 1.71. The second kappa shape index (κ2) is 3.94. The fourth-order valence-corrected chi connectivity index (χ4v) is 4.08. The Morgan fingerprint density at radius 2 is 2.47 bits per heavy atom. The minimum atomic E-state index is 0.585. The first-order valence-electron chi connectivity index (χ1n) is 4.92. The first kappa shape index (κ1) is 9.36. The molecule has 1 unspecified atom stereocenters. The largest absolute Gasteiger partial charge is 0.469 e. The van der Waals surface area contributed by atoms with Gasteiger partial charge in [0.2, 0.25) is 0 Å². The molecule has 2 nitrogen and oxygen atoms in total. The van der Waals surface area contributed by atoms with Crippen LogP contribution in [0, 0.1) is 0 Å². The second-order valence-electron chi connectivity index (χ2n) is 3.53. The minimum Gasteiger partial charge on any atom is -0.469 e. The lowest BCUT2D eigenvalue weighted by molar-refractivity contribution is 0.506. The Bertz CT molecular complexity index is 435. The van der Waals surface area contributed by atoms with E-state index in [1.807, 2.05) is 35.2 Å². The second-order valence-corrected chi connectivity index (χ2v) is 6.01. The van der Waals surface area contributed by atoms with Crippen LogP contribution >= 0.6 is 23.1 Å². The van der Waals surface area contributed by atoms with Crippen molar-refractivity contribution in [3.63, 3.8) is 0 Å². The molecule has 0 radical (unpaired) electrons. The summed E-state index contributed by atoms with van der Waals surface area (Å²) >= 11 is 3.77. The molecule has 1 aliphatic heterocycles. The summed E-state index contributed by atoms with van der Waals surface area (Å²) in [6, 6.07) is 6.15. The number of anilines is 1. The van der Waals surface area contributed by atoms with Crippen LogP contribution in [0.15, 0.2) is 38.5 Å². The van der Waals surface area contributed by atoms with Crippen LogP contribution in [0.5, 0.6) is 0 Å². The van der Waals surface area contributed by atoms with Gasteiger partial charge in [-0.05, 0) is 23.6 Å². The van der Waals surface area contributed by atoms with Crippen molar-refractivity contribution in [1.82, 2.24) is 0 Å². The number of fused-ring (bicyclic) bond motifs is 1. The quantitative estimate of drug-likeness (QED) is 0.865. The molecule has 2 aromatic rings. The molecule has 2 aromatic heterocycles. The first-order chi connectivity index (χ1) is 7.42. The molecular weight excluding hydrogens is 226 g/mol. The van der Waals surface area contributed by atoms with Crippen LogP contribution < -0.4 is 5.32 Å². The average Bonchev–Trinajstić information content (AvgIpc) is 2.87. The average molecular weight is 237 g/mol. The number of hydrogen-bond donors (Lipinski definition) is 1. The number of thiophene rings is 1. The molecule has 0 bridgehead atoms. The summed E-state index contributed by atoms with van der Waals surface area (Å²) in [6.45, 7) is 1.02.